The van der Waals surface area contributed by atoms with Crippen LogP contribution in [0.1, 0.15) is 74.2 Å². The van der Waals surface area contributed by atoms with Gasteiger partial charge in [0, 0.05) is 59.9 Å². The number of aryl methyl sites for hydroxylation is 1. The first-order chi connectivity index (χ1) is 26.0. The van der Waals surface area contributed by atoms with Gasteiger partial charge in [-0.2, -0.15) is 18.3 Å². The Balaban J connectivity index is 1.24. The molecule has 2 N–H and O–H groups in total. The number of benzene rings is 2. The van der Waals surface area contributed by atoms with E-state index in [0.717, 1.165) is 80.9 Å². The number of halogens is 3. The van der Waals surface area contributed by atoms with Crippen molar-refractivity contribution in [2.75, 3.05) is 50.8 Å². The summed E-state index contributed by atoms with van der Waals surface area (Å²) in [5.74, 6) is 1.33. The van der Waals surface area contributed by atoms with Crippen molar-refractivity contribution < 1.29 is 27.8 Å². The predicted octanol–water partition coefficient (Wildman–Crippen LogP) is 7.16. The summed E-state index contributed by atoms with van der Waals surface area (Å²) < 4.78 is 48.1. The van der Waals surface area contributed by atoms with Gasteiger partial charge in [-0.25, -0.2) is 9.97 Å². The highest BCUT2D eigenvalue weighted by Gasteiger charge is 2.46. The molecule has 8 rings (SSSR count). The van der Waals surface area contributed by atoms with Gasteiger partial charge in [-0.15, -0.1) is 0 Å². The summed E-state index contributed by atoms with van der Waals surface area (Å²) in [5.41, 5.74) is 3.82. The van der Waals surface area contributed by atoms with Gasteiger partial charge in [-0.3, -0.25) is 9.89 Å². The molecule has 4 aliphatic rings. The summed E-state index contributed by atoms with van der Waals surface area (Å²) in [6, 6.07) is 6.23. The first-order valence-corrected chi connectivity index (χ1v) is 19.2. The SMILES string of the molecule is C=CC(=O)N1CC2(CCN(c3nc(C4CCN(C5CCC(O)CC5)CC4)nc4c(OCC(F)(F)F)c(-c5c(C)ccc6[nH]ncc56)c(C=C)cc34)CC2)C1. The van der Waals surface area contributed by atoms with Crippen LogP contribution in [-0.4, -0.2) is 105 Å². The van der Waals surface area contributed by atoms with E-state index in [2.05, 4.69) is 33.2 Å². The number of nitrogens with zero attached hydrogens (tertiary/aromatic N) is 6. The molecule has 4 aromatic rings. The minimum absolute atomic E-state index is 0.0110. The number of piperidine rings is 2. The lowest BCUT2D eigenvalue weighted by atomic mass is 9.72. The molecule has 3 aliphatic heterocycles. The van der Waals surface area contributed by atoms with Crippen LogP contribution < -0.4 is 9.64 Å². The topological polar surface area (TPSA) is 111 Å². The average Bonchev–Trinajstić information content (AvgIpc) is 3.64. The fourth-order valence-electron chi connectivity index (χ4n) is 9.36. The Kier molecular flexibility index (Phi) is 9.66. The largest absolute Gasteiger partial charge is 0.481 e. The molecule has 10 nitrogen and oxygen atoms in total. The van der Waals surface area contributed by atoms with Gasteiger partial charge in [0.1, 0.15) is 17.2 Å². The third-order valence-corrected chi connectivity index (χ3v) is 12.4. The summed E-state index contributed by atoms with van der Waals surface area (Å²) >= 11 is 0. The van der Waals surface area contributed by atoms with Crippen molar-refractivity contribution in [2.45, 2.75) is 82.5 Å². The molecule has 54 heavy (non-hydrogen) atoms. The van der Waals surface area contributed by atoms with E-state index in [1.54, 1.807) is 12.3 Å². The van der Waals surface area contributed by atoms with Crippen LogP contribution in [-0.2, 0) is 4.79 Å². The summed E-state index contributed by atoms with van der Waals surface area (Å²) in [7, 11) is 0. The second-order valence-electron chi connectivity index (χ2n) is 15.8. The zero-order valence-electron chi connectivity index (χ0n) is 30.8. The lowest BCUT2D eigenvalue weighted by molar-refractivity contribution is -0.153. The summed E-state index contributed by atoms with van der Waals surface area (Å²) in [5, 5.41) is 18.7. The zero-order chi connectivity index (χ0) is 37.8. The monoisotopic (exact) mass is 743 g/mol. The molecule has 2 aromatic heterocycles. The Bertz CT molecular complexity index is 2070. The molecule has 2 aromatic carbocycles. The molecule has 0 unspecified atom stereocenters. The minimum Gasteiger partial charge on any atom is -0.481 e. The number of anilines is 1. The van der Waals surface area contributed by atoms with E-state index in [-0.39, 0.29) is 29.1 Å². The van der Waals surface area contributed by atoms with Crippen LogP contribution in [0.15, 0.2) is 43.6 Å². The van der Waals surface area contributed by atoms with E-state index in [9.17, 15) is 23.1 Å². The number of ether oxygens (including phenoxy) is 1. The second kappa shape index (κ2) is 14.3. The number of hydrogen-bond donors (Lipinski definition) is 2. The quantitative estimate of drug-likeness (QED) is 0.183. The van der Waals surface area contributed by atoms with Crippen molar-refractivity contribution in [3.05, 3.63) is 60.6 Å². The smallest absolute Gasteiger partial charge is 0.422 e. The fraction of sp³-hybridized carbons (Fsp3) is 0.512. The molecule has 1 aliphatic carbocycles. The van der Waals surface area contributed by atoms with Crippen LogP contribution in [0.5, 0.6) is 5.75 Å². The maximum atomic E-state index is 14.1. The lowest BCUT2D eigenvalue weighted by Crippen LogP contribution is -2.61. The number of aromatic amines is 1. The molecule has 1 amide bonds. The van der Waals surface area contributed by atoms with Gasteiger partial charge in [0.2, 0.25) is 5.91 Å². The number of aliphatic hydroxyl groups is 1. The summed E-state index contributed by atoms with van der Waals surface area (Å²) in [6.45, 7) is 12.7. The Morgan fingerprint density at radius 3 is 2.41 bits per heavy atom. The Morgan fingerprint density at radius 1 is 1.02 bits per heavy atom. The number of hydrogen-bond acceptors (Lipinski definition) is 8. The number of carbonyl (C=O) groups excluding carboxylic acids is 1. The molecule has 286 valence electrons. The average molecular weight is 744 g/mol. The normalized spacial score (nSPS) is 22.5. The molecule has 0 atom stereocenters. The molecule has 0 radical (unpaired) electrons. The number of H-pyrrole nitrogens is 1. The molecule has 1 spiro atoms. The van der Waals surface area contributed by atoms with E-state index < -0.39 is 12.8 Å². The van der Waals surface area contributed by atoms with Gasteiger partial charge in [0.05, 0.1) is 17.8 Å². The molecular formula is C41H48F3N7O3. The Morgan fingerprint density at radius 2 is 1.74 bits per heavy atom. The number of alkyl halides is 3. The highest BCUT2D eigenvalue weighted by molar-refractivity contribution is 6.07. The molecular weight excluding hydrogens is 695 g/mol. The van der Waals surface area contributed by atoms with E-state index >= 15 is 0 Å². The third-order valence-electron chi connectivity index (χ3n) is 12.4. The first kappa shape index (κ1) is 36.5. The van der Waals surface area contributed by atoms with Crippen molar-refractivity contribution in [1.29, 1.82) is 0 Å². The van der Waals surface area contributed by atoms with Crippen molar-refractivity contribution in [1.82, 2.24) is 30.0 Å². The maximum absolute atomic E-state index is 14.1. The number of aliphatic hydroxyl groups excluding tert-OH is 1. The number of carbonyl (C=O) groups is 1. The van der Waals surface area contributed by atoms with Gasteiger partial charge >= 0.3 is 6.18 Å². The standard InChI is InChI=1S/C41H48F3N7O3/c1-4-26-20-30-36(37(54-24-41(42,43)44)35(26)34-25(3)6-11-32-31(34)21-45-48-32)46-38(27-12-16-49(17-13-27)28-7-9-29(52)10-8-28)47-39(30)50-18-14-40(15-19-50)22-51(23-40)33(53)5-2/h4-6,11,20-21,27-29,52H,1-2,7-10,12-19,22-24H2,3H3,(H,45,48). The molecule has 13 heteroatoms. The van der Waals surface area contributed by atoms with Gasteiger partial charge in [0.25, 0.3) is 0 Å². The van der Waals surface area contributed by atoms with E-state index in [0.29, 0.717) is 71.5 Å². The van der Waals surface area contributed by atoms with Gasteiger partial charge < -0.3 is 24.5 Å². The lowest BCUT2D eigenvalue weighted by Gasteiger charge is -2.54. The van der Waals surface area contributed by atoms with E-state index in [1.807, 2.05) is 30.0 Å². The number of nitrogens with one attached hydrogen (secondary N) is 1. The first-order valence-electron chi connectivity index (χ1n) is 19.2. The molecule has 3 saturated heterocycles. The molecule has 0 bridgehead atoms. The van der Waals surface area contributed by atoms with Crippen molar-refractivity contribution >= 4 is 39.6 Å². The van der Waals surface area contributed by atoms with Crippen LogP contribution in [0.2, 0.25) is 0 Å². The van der Waals surface area contributed by atoms with Crippen LogP contribution in [0.3, 0.4) is 0 Å². The van der Waals surface area contributed by atoms with Gasteiger partial charge in [0.15, 0.2) is 12.4 Å². The van der Waals surface area contributed by atoms with Crippen molar-refractivity contribution in [3.8, 4) is 16.9 Å². The minimum atomic E-state index is -4.59. The van der Waals surface area contributed by atoms with Crippen molar-refractivity contribution in [2.24, 2.45) is 5.41 Å². The Labute approximate surface area is 313 Å². The number of amides is 1. The van der Waals surface area contributed by atoms with Crippen molar-refractivity contribution in [3.63, 3.8) is 0 Å². The molecule has 1 saturated carbocycles. The van der Waals surface area contributed by atoms with Gasteiger partial charge in [-0.1, -0.05) is 25.3 Å². The number of likely N-dealkylation sites (tertiary alicyclic amines) is 2. The molecule has 4 fully saturated rings. The van der Waals surface area contributed by atoms with Crippen LogP contribution in [0.25, 0.3) is 39.0 Å². The predicted molar refractivity (Wildman–Crippen MR) is 203 cm³/mol. The number of rotatable bonds is 8. The summed E-state index contributed by atoms with van der Waals surface area (Å²) in [4.78, 5) is 29.3. The highest BCUT2D eigenvalue weighted by Crippen LogP contribution is 2.48. The second-order valence-corrected chi connectivity index (χ2v) is 15.8. The van der Waals surface area contributed by atoms with Crippen LogP contribution in [0, 0.1) is 12.3 Å². The molecule has 5 heterocycles. The fourth-order valence-corrected chi connectivity index (χ4v) is 9.36. The van der Waals surface area contributed by atoms with Gasteiger partial charge in [-0.05, 0) is 106 Å². The highest BCUT2D eigenvalue weighted by atomic mass is 19.4. The third kappa shape index (κ3) is 6.85. The number of aromatic nitrogens is 4. The maximum Gasteiger partial charge on any atom is 0.422 e. The van der Waals surface area contributed by atoms with E-state index in [1.165, 1.54) is 6.08 Å². The number of fused-ring (bicyclic) bond motifs is 2. The zero-order valence-corrected chi connectivity index (χ0v) is 30.8. The Hall–Kier alpha value is -4.49. The summed E-state index contributed by atoms with van der Waals surface area (Å²) in [6.07, 6.45) is 6.88. The van der Waals surface area contributed by atoms with E-state index in [4.69, 9.17) is 14.7 Å². The van der Waals surface area contributed by atoms with Crippen LogP contribution >= 0.6 is 0 Å². The van der Waals surface area contributed by atoms with Crippen LogP contribution in [0.4, 0.5) is 19.0 Å².